The van der Waals surface area contributed by atoms with Crippen LogP contribution in [0.2, 0.25) is 0 Å². The van der Waals surface area contributed by atoms with Crippen LogP contribution in [-0.2, 0) is 4.79 Å². The van der Waals surface area contributed by atoms with Crippen LogP contribution in [0.25, 0.3) is 33.1 Å². The molecule has 5 nitrogen and oxygen atoms in total. The van der Waals surface area contributed by atoms with Crippen LogP contribution in [-0.4, -0.2) is 15.9 Å². The maximum absolute atomic E-state index is 12.3. The van der Waals surface area contributed by atoms with E-state index in [0.717, 1.165) is 33.2 Å². The van der Waals surface area contributed by atoms with Gasteiger partial charge in [0, 0.05) is 21.8 Å². The molecule has 0 aliphatic carbocycles. The van der Waals surface area contributed by atoms with Crippen LogP contribution in [0.1, 0.15) is 11.4 Å². The lowest BCUT2D eigenvalue weighted by molar-refractivity contribution is -0.112. The highest BCUT2D eigenvalue weighted by Crippen LogP contribution is 2.35. The Morgan fingerprint density at radius 2 is 1.29 bits per heavy atom. The van der Waals surface area contributed by atoms with E-state index < -0.39 is 0 Å². The van der Waals surface area contributed by atoms with Crippen molar-refractivity contribution in [2.24, 2.45) is 10.2 Å². The topological polar surface area (TPSA) is 73.4 Å². The molecule has 5 rings (SSSR count). The zero-order chi connectivity index (χ0) is 16.1. The maximum atomic E-state index is 12.3. The molecule has 0 bridgehead atoms. The van der Waals surface area contributed by atoms with E-state index in [4.69, 9.17) is 0 Å². The van der Waals surface area contributed by atoms with Crippen LogP contribution in [0.4, 0.5) is 0 Å². The Bertz CT molecular complexity index is 1030. The summed E-state index contributed by atoms with van der Waals surface area (Å²) in [6.07, 6.45) is 0. The van der Waals surface area contributed by atoms with Crippen molar-refractivity contribution >= 4 is 39.0 Å². The van der Waals surface area contributed by atoms with Gasteiger partial charge in [-0.2, -0.15) is 0 Å². The van der Waals surface area contributed by atoms with E-state index in [1.165, 1.54) is 0 Å². The minimum Gasteiger partial charge on any atom is -0.354 e. The fourth-order valence-electron chi connectivity index (χ4n) is 3.14. The van der Waals surface area contributed by atoms with Crippen LogP contribution in [0, 0.1) is 0 Å². The van der Waals surface area contributed by atoms with Crippen LogP contribution < -0.4 is 0 Å². The maximum Gasteiger partial charge on any atom is 0.299 e. The predicted molar refractivity (Wildman–Crippen MR) is 93.3 cm³/mol. The van der Waals surface area contributed by atoms with Crippen LogP contribution in [0.5, 0.6) is 0 Å². The fourth-order valence-corrected chi connectivity index (χ4v) is 3.14. The largest absolute Gasteiger partial charge is 0.354 e. The van der Waals surface area contributed by atoms with Crippen LogP contribution in [0.15, 0.2) is 70.9 Å². The number of nitrogens with zero attached hydrogens (tertiary/aromatic N) is 2. The highest BCUT2D eigenvalue weighted by Gasteiger charge is 2.26. The van der Waals surface area contributed by atoms with Gasteiger partial charge in [0.1, 0.15) is 5.70 Å². The molecule has 2 aromatic carbocycles. The molecule has 1 amide bonds. The number of fused-ring (bicyclic) bond motifs is 2. The molecular weight excluding hydrogens is 300 g/mol. The average molecular weight is 312 g/mol. The van der Waals surface area contributed by atoms with Crippen LogP contribution in [0.3, 0.4) is 0 Å². The van der Waals surface area contributed by atoms with E-state index in [9.17, 15) is 4.79 Å². The second-order valence-corrected chi connectivity index (χ2v) is 5.77. The molecule has 114 valence electrons. The molecule has 0 saturated carbocycles. The number of rotatable bonds is 2. The molecule has 0 unspecified atom stereocenters. The molecule has 2 N–H and O–H groups in total. The third-order valence-electron chi connectivity index (χ3n) is 4.28. The predicted octanol–water partition coefficient (Wildman–Crippen LogP) is 4.51. The van der Waals surface area contributed by atoms with Gasteiger partial charge in [-0.05, 0) is 24.3 Å². The Morgan fingerprint density at radius 1 is 0.708 bits per heavy atom. The SMILES string of the molecule is O=C1N=NC(c2cc3ccccc3[nH]2)=C1c1cc2ccccc2[nH]1. The molecule has 3 heterocycles. The van der Waals surface area contributed by atoms with E-state index in [-0.39, 0.29) is 5.91 Å². The van der Waals surface area contributed by atoms with Gasteiger partial charge in [0.05, 0.1) is 17.0 Å². The third kappa shape index (κ3) is 1.85. The molecule has 5 heteroatoms. The van der Waals surface area contributed by atoms with Crippen molar-refractivity contribution in [3.63, 3.8) is 0 Å². The van der Waals surface area contributed by atoms with E-state index in [1.807, 2.05) is 60.7 Å². The zero-order valence-electron chi connectivity index (χ0n) is 12.6. The summed E-state index contributed by atoms with van der Waals surface area (Å²) in [6.45, 7) is 0. The number of hydrogen-bond donors (Lipinski definition) is 2. The summed E-state index contributed by atoms with van der Waals surface area (Å²) in [6, 6.07) is 19.8. The molecular formula is C19H12N4O. The molecule has 1 aliphatic rings. The Kier molecular flexibility index (Phi) is 2.58. The van der Waals surface area contributed by atoms with Crippen molar-refractivity contribution in [3.8, 4) is 0 Å². The second kappa shape index (κ2) is 4.76. The lowest BCUT2D eigenvalue weighted by Gasteiger charge is -1.99. The number of amides is 1. The van der Waals surface area contributed by atoms with Gasteiger partial charge in [-0.3, -0.25) is 4.79 Å². The Balaban J connectivity index is 1.74. The van der Waals surface area contributed by atoms with Crippen molar-refractivity contribution in [2.75, 3.05) is 0 Å². The van der Waals surface area contributed by atoms with Gasteiger partial charge in [-0.1, -0.05) is 36.4 Å². The quantitative estimate of drug-likeness (QED) is 0.561. The number of para-hydroxylation sites is 2. The number of benzene rings is 2. The lowest BCUT2D eigenvalue weighted by Crippen LogP contribution is -1.96. The van der Waals surface area contributed by atoms with Gasteiger partial charge in [-0.25, -0.2) is 0 Å². The molecule has 0 saturated heterocycles. The number of hydrogen-bond acceptors (Lipinski definition) is 2. The van der Waals surface area contributed by atoms with Gasteiger partial charge in [0.25, 0.3) is 5.91 Å². The first-order valence-electron chi connectivity index (χ1n) is 7.66. The van der Waals surface area contributed by atoms with Crippen molar-refractivity contribution < 1.29 is 4.79 Å². The van der Waals surface area contributed by atoms with E-state index in [2.05, 4.69) is 20.2 Å². The molecule has 1 aliphatic heterocycles. The fraction of sp³-hybridized carbons (Fsp3) is 0. The number of H-pyrrole nitrogens is 2. The van der Waals surface area contributed by atoms with Crippen molar-refractivity contribution in [3.05, 3.63) is 72.1 Å². The van der Waals surface area contributed by atoms with Crippen molar-refractivity contribution in [1.82, 2.24) is 9.97 Å². The van der Waals surface area contributed by atoms with E-state index in [0.29, 0.717) is 11.3 Å². The van der Waals surface area contributed by atoms with Gasteiger partial charge in [0.15, 0.2) is 0 Å². The van der Waals surface area contributed by atoms with Crippen molar-refractivity contribution in [2.45, 2.75) is 0 Å². The number of nitrogens with one attached hydrogen (secondary N) is 2. The Hall–Kier alpha value is -3.47. The summed E-state index contributed by atoms with van der Waals surface area (Å²) >= 11 is 0. The van der Waals surface area contributed by atoms with Gasteiger partial charge in [0.2, 0.25) is 0 Å². The summed E-state index contributed by atoms with van der Waals surface area (Å²) in [7, 11) is 0. The highest BCUT2D eigenvalue weighted by molar-refractivity contribution is 6.29. The molecule has 0 radical (unpaired) electrons. The third-order valence-corrected chi connectivity index (χ3v) is 4.28. The standard InChI is InChI=1S/C19H12N4O/c24-19-17(15-9-11-5-1-3-7-13(11)20-15)18(22-23-19)16-10-12-6-2-4-8-14(12)21-16/h1-10,20-21H. The molecule has 0 atom stereocenters. The summed E-state index contributed by atoms with van der Waals surface area (Å²) < 4.78 is 0. The normalized spacial score (nSPS) is 14.4. The highest BCUT2D eigenvalue weighted by atomic mass is 16.2. The Labute approximate surface area is 136 Å². The van der Waals surface area contributed by atoms with Gasteiger partial charge in [-0.15, -0.1) is 10.2 Å². The number of aromatic nitrogens is 2. The lowest BCUT2D eigenvalue weighted by atomic mass is 10.1. The molecule has 2 aromatic heterocycles. The number of azo groups is 1. The van der Waals surface area contributed by atoms with Crippen molar-refractivity contribution in [1.29, 1.82) is 0 Å². The first-order chi connectivity index (χ1) is 11.8. The minimum absolute atomic E-state index is 0.324. The zero-order valence-corrected chi connectivity index (χ0v) is 12.6. The monoisotopic (exact) mass is 312 g/mol. The molecule has 4 aromatic rings. The van der Waals surface area contributed by atoms with E-state index in [1.54, 1.807) is 0 Å². The second-order valence-electron chi connectivity index (χ2n) is 5.77. The first-order valence-corrected chi connectivity index (χ1v) is 7.66. The first kappa shape index (κ1) is 13.0. The van der Waals surface area contributed by atoms with E-state index >= 15 is 0 Å². The van der Waals surface area contributed by atoms with Gasteiger partial charge < -0.3 is 9.97 Å². The van der Waals surface area contributed by atoms with Gasteiger partial charge >= 0.3 is 0 Å². The average Bonchev–Trinajstić information content (AvgIpc) is 3.29. The molecule has 0 fully saturated rings. The summed E-state index contributed by atoms with van der Waals surface area (Å²) in [4.78, 5) is 18.9. The number of carbonyl (C=O) groups is 1. The summed E-state index contributed by atoms with van der Waals surface area (Å²) in [5.41, 5.74) is 4.58. The summed E-state index contributed by atoms with van der Waals surface area (Å²) in [5.74, 6) is -0.324. The smallest absolute Gasteiger partial charge is 0.299 e. The minimum atomic E-state index is -0.324. The number of carbonyl (C=O) groups excluding carboxylic acids is 1. The Morgan fingerprint density at radius 3 is 1.96 bits per heavy atom. The molecule has 24 heavy (non-hydrogen) atoms. The molecule has 0 spiro atoms. The summed E-state index contributed by atoms with van der Waals surface area (Å²) in [5, 5.41) is 10.0. The number of aromatic amines is 2. The van der Waals surface area contributed by atoms with Crippen LogP contribution >= 0.6 is 0 Å².